The Kier molecular flexibility index (Phi) is 3.54. The number of fused-ring (bicyclic) bond motifs is 1. The molecule has 0 atom stereocenters. The molecule has 4 heteroatoms. The van der Waals surface area contributed by atoms with Crippen LogP contribution in [0.5, 0.6) is 0 Å². The number of nitrogens with zero attached hydrogens (tertiary/aromatic N) is 4. The Balaban J connectivity index is 1.75. The molecule has 2 aliphatic rings. The maximum absolute atomic E-state index is 4.96. The fourth-order valence-electron chi connectivity index (χ4n) is 3.40. The van der Waals surface area contributed by atoms with Gasteiger partial charge in [0.05, 0.1) is 5.69 Å². The number of rotatable bonds is 2. The summed E-state index contributed by atoms with van der Waals surface area (Å²) >= 11 is 0. The van der Waals surface area contributed by atoms with Crippen molar-refractivity contribution in [3.8, 4) is 11.3 Å². The zero-order valence-electron chi connectivity index (χ0n) is 13.1. The minimum Gasteiger partial charge on any atom is -0.338 e. The van der Waals surface area contributed by atoms with E-state index in [0.29, 0.717) is 0 Å². The van der Waals surface area contributed by atoms with Crippen LogP contribution in [0.4, 0.5) is 5.95 Å². The third kappa shape index (κ3) is 2.48. The maximum Gasteiger partial charge on any atom is 0.226 e. The lowest BCUT2D eigenvalue weighted by molar-refractivity contribution is 0.311. The van der Waals surface area contributed by atoms with Crippen molar-refractivity contribution < 1.29 is 0 Å². The van der Waals surface area contributed by atoms with Crippen LogP contribution in [0, 0.1) is 0 Å². The Labute approximate surface area is 131 Å². The Morgan fingerprint density at radius 3 is 2.45 bits per heavy atom. The quantitative estimate of drug-likeness (QED) is 0.851. The van der Waals surface area contributed by atoms with E-state index in [1.54, 1.807) is 0 Å². The van der Waals surface area contributed by atoms with Crippen LogP contribution in [0.2, 0.25) is 0 Å². The molecule has 0 amide bonds. The van der Waals surface area contributed by atoms with Gasteiger partial charge in [0.15, 0.2) is 0 Å². The van der Waals surface area contributed by atoms with E-state index in [1.807, 2.05) is 0 Å². The largest absolute Gasteiger partial charge is 0.338 e. The molecule has 1 aromatic carbocycles. The van der Waals surface area contributed by atoms with Gasteiger partial charge in [0.25, 0.3) is 0 Å². The van der Waals surface area contributed by atoms with Crippen LogP contribution < -0.4 is 4.90 Å². The minimum atomic E-state index is 0.924. The lowest BCUT2D eigenvalue weighted by Gasteiger charge is -2.32. The summed E-state index contributed by atoms with van der Waals surface area (Å²) in [6, 6.07) is 10.6. The van der Waals surface area contributed by atoms with Crippen molar-refractivity contribution in [1.29, 1.82) is 0 Å². The Morgan fingerprint density at radius 2 is 1.68 bits per heavy atom. The van der Waals surface area contributed by atoms with Gasteiger partial charge in [0.1, 0.15) is 0 Å². The van der Waals surface area contributed by atoms with Gasteiger partial charge in [-0.15, -0.1) is 0 Å². The third-order valence-corrected chi connectivity index (χ3v) is 4.75. The fourth-order valence-corrected chi connectivity index (χ4v) is 3.40. The molecular weight excluding hydrogens is 272 g/mol. The van der Waals surface area contributed by atoms with Crippen LogP contribution >= 0.6 is 0 Å². The van der Waals surface area contributed by atoms with E-state index in [-0.39, 0.29) is 0 Å². The second-order valence-electron chi connectivity index (χ2n) is 6.31. The maximum atomic E-state index is 4.96. The van der Waals surface area contributed by atoms with Crippen LogP contribution in [0.25, 0.3) is 11.3 Å². The molecule has 1 saturated heterocycles. The first kappa shape index (κ1) is 13.7. The smallest absolute Gasteiger partial charge is 0.226 e. The van der Waals surface area contributed by atoms with Crippen LogP contribution in [0.3, 0.4) is 0 Å². The highest BCUT2D eigenvalue weighted by molar-refractivity contribution is 5.66. The van der Waals surface area contributed by atoms with Gasteiger partial charge >= 0.3 is 0 Å². The predicted molar refractivity (Wildman–Crippen MR) is 89.2 cm³/mol. The molecule has 2 heterocycles. The predicted octanol–water partition coefficient (Wildman–Crippen LogP) is 2.38. The van der Waals surface area contributed by atoms with Gasteiger partial charge in [-0.2, -0.15) is 0 Å². The normalized spacial score (nSPS) is 18.5. The van der Waals surface area contributed by atoms with Gasteiger partial charge in [-0.05, 0) is 26.3 Å². The van der Waals surface area contributed by atoms with Crippen LogP contribution in [0.15, 0.2) is 30.3 Å². The van der Waals surface area contributed by atoms with E-state index < -0.39 is 0 Å². The summed E-state index contributed by atoms with van der Waals surface area (Å²) in [5.41, 5.74) is 5.00. The van der Waals surface area contributed by atoms with E-state index in [1.165, 1.54) is 23.2 Å². The molecule has 0 radical (unpaired) electrons. The Hall–Kier alpha value is -1.94. The molecule has 0 bridgehead atoms. The van der Waals surface area contributed by atoms with Gasteiger partial charge in [-0.3, -0.25) is 0 Å². The molecule has 1 aliphatic carbocycles. The fraction of sp³-hybridized carbons (Fsp3) is 0.444. The van der Waals surface area contributed by atoms with Gasteiger partial charge in [-0.1, -0.05) is 30.3 Å². The Bertz CT molecular complexity index is 660. The van der Waals surface area contributed by atoms with Crippen LogP contribution in [-0.4, -0.2) is 48.1 Å². The average Bonchev–Trinajstić information content (AvgIpc) is 3.04. The summed E-state index contributed by atoms with van der Waals surface area (Å²) in [6.07, 6.45) is 3.41. The molecule has 1 aromatic heterocycles. The standard InChI is InChI=1S/C18H22N4/c1-21-10-12-22(13-11-21)18-19-16-9-5-8-15(16)17(20-18)14-6-3-2-4-7-14/h2-4,6-7H,5,8-13H2,1H3. The van der Waals surface area contributed by atoms with Crippen molar-refractivity contribution in [2.75, 3.05) is 38.1 Å². The van der Waals surface area contributed by atoms with Gasteiger partial charge < -0.3 is 9.80 Å². The molecule has 0 N–H and O–H groups in total. The highest BCUT2D eigenvalue weighted by Gasteiger charge is 2.23. The molecular formula is C18H22N4. The Morgan fingerprint density at radius 1 is 0.909 bits per heavy atom. The first-order chi connectivity index (χ1) is 10.8. The van der Waals surface area contributed by atoms with Gasteiger partial charge in [-0.25, -0.2) is 9.97 Å². The number of hydrogen-bond acceptors (Lipinski definition) is 4. The summed E-state index contributed by atoms with van der Waals surface area (Å²) in [6.45, 7) is 4.20. The van der Waals surface area contributed by atoms with Gasteiger partial charge in [0.2, 0.25) is 5.95 Å². The molecule has 22 heavy (non-hydrogen) atoms. The number of benzene rings is 1. The zero-order chi connectivity index (χ0) is 14.9. The highest BCUT2D eigenvalue weighted by Crippen LogP contribution is 2.31. The van der Waals surface area contributed by atoms with Gasteiger partial charge in [0, 0.05) is 43.0 Å². The minimum absolute atomic E-state index is 0.924. The lowest BCUT2D eigenvalue weighted by Crippen LogP contribution is -2.45. The summed E-state index contributed by atoms with van der Waals surface area (Å²) in [5.74, 6) is 0.924. The molecule has 1 aliphatic heterocycles. The summed E-state index contributed by atoms with van der Waals surface area (Å²) < 4.78 is 0. The average molecular weight is 294 g/mol. The van der Waals surface area contributed by atoms with Crippen molar-refractivity contribution in [3.05, 3.63) is 41.6 Å². The molecule has 0 saturated carbocycles. The molecule has 1 fully saturated rings. The number of anilines is 1. The summed E-state index contributed by atoms with van der Waals surface area (Å²) in [7, 11) is 2.18. The number of aromatic nitrogens is 2. The van der Waals surface area contributed by atoms with E-state index in [9.17, 15) is 0 Å². The van der Waals surface area contributed by atoms with Crippen molar-refractivity contribution in [1.82, 2.24) is 14.9 Å². The summed E-state index contributed by atoms with van der Waals surface area (Å²) in [5, 5.41) is 0. The highest BCUT2D eigenvalue weighted by atomic mass is 15.3. The topological polar surface area (TPSA) is 32.3 Å². The molecule has 114 valence electrons. The van der Waals surface area contributed by atoms with E-state index in [2.05, 4.69) is 47.2 Å². The lowest BCUT2D eigenvalue weighted by atomic mass is 10.1. The monoisotopic (exact) mass is 294 g/mol. The van der Waals surface area contributed by atoms with E-state index in [4.69, 9.17) is 9.97 Å². The van der Waals surface area contributed by atoms with Crippen molar-refractivity contribution in [3.63, 3.8) is 0 Å². The summed E-state index contributed by atoms with van der Waals surface area (Å²) in [4.78, 5) is 14.5. The molecule has 4 nitrogen and oxygen atoms in total. The molecule has 0 spiro atoms. The third-order valence-electron chi connectivity index (χ3n) is 4.75. The first-order valence-corrected chi connectivity index (χ1v) is 8.20. The second kappa shape index (κ2) is 5.69. The van der Waals surface area contributed by atoms with E-state index in [0.717, 1.165) is 50.7 Å². The van der Waals surface area contributed by atoms with Crippen molar-refractivity contribution in [2.24, 2.45) is 0 Å². The van der Waals surface area contributed by atoms with E-state index >= 15 is 0 Å². The first-order valence-electron chi connectivity index (χ1n) is 8.20. The van der Waals surface area contributed by atoms with Crippen molar-refractivity contribution >= 4 is 5.95 Å². The zero-order valence-corrected chi connectivity index (χ0v) is 13.1. The van der Waals surface area contributed by atoms with Crippen LogP contribution in [-0.2, 0) is 12.8 Å². The number of hydrogen-bond donors (Lipinski definition) is 0. The SMILES string of the molecule is CN1CCN(c2nc3c(c(-c4ccccc4)n2)CCC3)CC1. The number of likely N-dealkylation sites (N-methyl/N-ethyl adjacent to an activating group) is 1. The molecule has 4 rings (SSSR count). The van der Waals surface area contributed by atoms with Crippen LogP contribution in [0.1, 0.15) is 17.7 Å². The second-order valence-corrected chi connectivity index (χ2v) is 6.31. The number of aryl methyl sites for hydroxylation is 1. The molecule has 0 unspecified atom stereocenters. The number of piperazine rings is 1. The van der Waals surface area contributed by atoms with Crippen molar-refractivity contribution in [2.45, 2.75) is 19.3 Å². The molecule has 2 aromatic rings.